The summed E-state index contributed by atoms with van der Waals surface area (Å²) in [5.41, 5.74) is -0.870. The van der Waals surface area contributed by atoms with Crippen molar-refractivity contribution < 1.29 is 24.9 Å². The van der Waals surface area contributed by atoms with Crippen LogP contribution in [-0.4, -0.2) is 64.1 Å². The number of likely N-dealkylation sites (tertiary alicyclic amines) is 1. The lowest BCUT2D eigenvalue weighted by molar-refractivity contribution is -0.150. The predicted molar refractivity (Wildman–Crippen MR) is 70.1 cm³/mol. The number of carbonyl (C=O) groups excluding carboxylic acids is 1. The number of nitrogens with one attached hydrogen (secondary N) is 1. The first kappa shape index (κ1) is 15.1. The van der Waals surface area contributed by atoms with E-state index in [2.05, 4.69) is 5.32 Å². The summed E-state index contributed by atoms with van der Waals surface area (Å²) in [6.07, 6.45) is 2.06. The van der Waals surface area contributed by atoms with Gasteiger partial charge in [0.2, 0.25) is 0 Å². The minimum Gasteiger partial charge on any atom is -0.481 e. The van der Waals surface area contributed by atoms with Gasteiger partial charge in [-0.1, -0.05) is 19.3 Å². The fourth-order valence-electron chi connectivity index (χ4n) is 2.99. The Balaban J connectivity index is 1.90. The lowest BCUT2D eigenvalue weighted by Gasteiger charge is -2.33. The van der Waals surface area contributed by atoms with Crippen LogP contribution >= 0.6 is 0 Å². The summed E-state index contributed by atoms with van der Waals surface area (Å²) in [5, 5.41) is 30.9. The van der Waals surface area contributed by atoms with Gasteiger partial charge in [-0.05, 0) is 12.8 Å². The SMILES string of the molecule is O=C(NCC1(C(=O)O)CCCCC1)N1CC(O)C(O)C1. The number of aliphatic carboxylic acids is 1. The van der Waals surface area contributed by atoms with E-state index in [1.54, 1.807) is 0 Å². The maximum Gasteiger partial charge on any atom is 0.317 e. The Hall–Kier alpha value is -1.34. The van der Waals surface area contributed by atoms with Gasteiger partial charge < -0.3 is 25.5 Å². The molecule has 20 heavy (non-hydrogen) atoms. The largest absolute Gasteiger partial charge is 0.481 e. The van der Waals surface area contributed by atoms with E-state index in [9.17, 15) is 24.9 Å². The number of carboxylic acids is 1. The molecule has 1 aliphatic carbocycles. The summed E-state index contributed by atoms with van der Waals surface area (Å²) in [6.45, 7) is 0.254. The minimum atomic E-state index is -0.927. The average Bonchev–Trinajstić information content (AvgIpc) is 2.77. The zero-order chi connectivity index (χ0) is 14.8. The molecule has 7 nitrogen and oxygen atoms in total. The van der Waals surface area contributed by atoms with Crippen LogP contribution in [0.1, 0.15) is 32.1 Å². The molecule has 1 heterocycles. The number of aliphatic hydroxyl groups excluding tert-OH is 2. The van der Waals surface area contributed by atoms with E-state index in [-0.39, 0.29) is 19.6 Å². The fourth-order valence-corrected chi connectivity index (χ4v) is 2.99. The maximum atomic E-state index is 11.9. The number of rotatable bonds is 3. The third-order valence-corrected chi connectivity index (χ3v) is 4.39. The summed E-state index contributed by atoms with van der Waals surface area (Å²) in [6, 6.07) is -0.424. The van der Waals surface area contributed by atoms with Crippen LogP contribution < -0.4 is 5.32 Å². The van der Waals surface area contributed by atoms with Crippen molar-refractivity contribution in [3.63, 3.8) is 0 Å². The number of amides is 2. The highest BCUT2D eigenvalue weighted by Crippen LogP contribution is 2.36. The van der Waals surface area contributed by atoms with Gasteiger partial charge in [-0.15, -0.1) is 0 Å². The molecule has 114 valence electrons. The number of hydrogen-bond donors (Lipinski definition) is 4. The highest BCUT2D eigenvalue weighted by molar-refractivity contribution is 5.78. The van der Waals surface area contributed by atoms with E-state index >= 15 is 0 Å². The van der Waals surface area contributed by atoms with Crippen LogP contribution in [0.25, 0.3) is 0 Å². The van der Waals surface area contributed by atoms with Crippen LogP contribution in [0.5, 0.6) is 0 Å². The molecule has 4 N–H and O–H groups in total. The van der Waals surface area contributed by atoms with E-state index in [4.69, 9.17) is 0 Å². The van der Waals surface area contributed by atoms with Crippen LogP contribution in [0.15, 0.2) is 0 Å². The first-order valence-corrected chi connectivity index (χ1v) is 7.07. The molecule has 0 spiro atoms. The van der Waals surface area contributed by atoms with E-state index in [0.717, 1.165) is 19.3 Å². The van der Waals surface area contributed by atoms with Crippen LogP contribution in [0.4, 0.5) is 4.79 Å². The van der Waals surface area contributed by atoms with Gasteiger partial charge in [-0.25, -0.2) is 4.79 Å². The Kier molecular flexibility index (Phi) is 4.49. The zero-order valence-corrected chi connectivity index (χ0v) is 11.4. The number of aliphatic hydroxyl groups is 2. The summed E-state index contributed by atoms with van der Waals surface area (Å²) in [7, 11) is 0. The number of carbonyl (C=O) groups is 2. The highest BCUT2D eigenvalue weighted by Gasteiger charge is 2.40. The summed E-state index contributed by atoms with van der Waals surface area (Å²) in [4.78, 5) is 24.7. The number of β-amino-alcohol motifs (C(OH)–C–C–N with tert-alkyl or cyclic N) is 2. The Labute approximate surface area is 117 Å². The quantitative estimate of drug-likeness (QED) is 0.573. The highest BCUT2D eigenvalue weighted by atomic mass is 16.4. The summed E-state index contributed by atoms with van der Waals surface area (Å²) < 4.78 is 0. The molecule has 1 aliphatic heterocycles. The average molecular weight is 286 g/mol. The smallest absolute Gasteiger partial charge is 0.317 e. The van der Waals surface area contributed by atoms with Crippen molar-refractivity contribution in [2.45, 2.75) is 44.3 Å². The lowest BCUT2D eigenvalue weighted by Crippen LogP contribution is -2.48. The van der Waals surface area contributed by atoms with E-state index in [1.165, 1.54) is 4.90 Å². The first-order chi connectivity index (χ1) is 9.44. The molecule has 2 amide bonds. The van der Waals surface area contributed by atoms with Crippen molar-refractivity contribution in [1.82, 2.24) is 10.2 Å². The van der Waals surface area contributed by atoms with Crippen molar-refractivity contribution >= 4 is 12.0 Å². The monoisotopic (exact) mass is 286 g/mol. The van der Waals surface area contributed by atoms with Crippen molar-refractivity contribution in [1.29, 1.82) is 0 Å². The number of carboxylic acid groups (broad SMARTS) is 1. The standard InChI is InChI=1S/C13H22N2O5/c16-9-6-15(7-10(9)17)12(20)14-8-13(11(18)19)4-2-1-3-5-13/h9-10,16-17H,1-8H2,(H,14,20)(H,18,19). The second-order valence-electron chi connectivity index (χ2n) is 5.84. The molecule has 0 aromatic carbocycles. The molecule has 1 saturated carbocycles. The molecule has 1 saturated heterocycles. The summed E-state index contributed by atoms with van der Waals surface area (Å²) >= 11 is 0. The molecule has 2 aliphatic rings. The van der Waals surface area contributed by atoms with Crippen molar-refractivity contribution in [2.24, 2.45) is 5.41 Å². The van der Waals surface area contributed by atoms with Crippen LogP contribution in [0.2, 0.25) is 0 Å². The molecule has 0 aromatic heterocycles. The third kappa shape index (κ3) is 3.04. The van der Waals surface area contributed by atoms with Gasteiger partial charge in [0.05, 0.1) is 30.7 Å². The predicted octanol–water partition coefficient (Wildman–Crippen LogP) is -0.232. The second kappa shape index (κ2) is 5.97. The number of nitrogens with zero attached hydrogens (tertiary/aromatic N) is 1. The number of hydrogen-bond acceptors (Lipinski definition) is 4. The lowest BCUT2D eigenvalue weighted by atomic mass is 9.74. The molecule has 2 fully saturated rings. The van der Waals surface area contributed by atoms with Gasteiger partial charge in [-0.2, -0.15) is 0 Å². The number of urea groups is 1. The minimum absolute atomic E-state index is 0.0765. The van der Waals surface area contributed by atoms with Gasteiger partial charge in [0.15, 0.2) is 0 Å². The molecule has 0 radical (unpaired) electrons. The van der Waals surface area contributed by atoms with Gasteiger partial charge in [0.1, 0.15) is 0 Å². The van der Waals surface area contributed by atoms with Crippen molar-refractivity contribution in [2.75, 3.05) is 19.6 Å². The molecule has 2 unspecified atom stereocenters. The first-order valence-electron chi connectivity index (χ1n) is 7.07. The van der Waals surface area contributed by atoms with Crippen LogP contribution in [0.3, 0.4) is 0 Å². The van der Waals surface area contributed by atoms with E-state index in [1.807, 2.05) is 0 Å². The normalized spacial score (nSPS) is 29.2. The topological polar surface area (TPSA) is 110 Å². The summed E-state index contributed by atoms with van der Waals surface area (Å²) in [5.74, 6) is -0.862. The van der Waals surface area contributed by atoms with Gasteiger partial charge in [0.25, 0.3) is 0 Å². The Morgan fingerprint density at radius 2 is 1.65 bits per heavy atom. The van der Waals surface area contributed by atoms with Crippen LogP contribution in [-0.2, 0) is 4.79 Å². The Morgan fingerprint density at radius 1 is 1.10 bits per heavy atom. The third-order valence-electron chi connectivity index (χ3n) is 4.39. The van der Waals surface area contributed by atoms with Crippen LogP contribution in [0, 0.1) is 5.41 Å². The Morgan fingerprint density at radius 3 is 2.15 bits per heavy atom. The molecule has 0 aromatic rings. The van der Waals surface area contributed by atoms with Crippen molar-refractivity contribution in [3.05, 3.63) is 0 Å². The fraction of sp³-hybridized carbons (Fsp3) is 0.846. The molecule has 0 bridgehead atoms. The molecular weight excluding hydrogens is 264 g/mol. The molecule has 2 atom stereocenters. The zero-order valence-electron chi connectivity index (χ0n) is 11.4. The van der Waals surface area contributed by atoms with E-state index in [0.29, 0.717) is 12.8 Å². The van der Waals surface area contributed by atoms with Gasteiger partial charge in [-0.3, -0.25) is 4.79 Å². The van der Waals surface area contributed by atoms with Crippen molar-refractivity contribution in [3.8, 4) is 0 Å². The van der Waals surface area contributed by atoms with E-state index < -0.39 is 29.6 Å². The molecule has 7 heteroatoms. The molecule has 2 rings (SSSR count). The second-order valence-corrected chi connectivity index (χ2v) is 5.84. The molecular formula is C13H22N2O5. The van der Waals surface area contributed by atoms with Gasteiger partial charge >= 0.3 is 12.0 Å². The van der Waals surface area contributed by atoms with Gasteiger partial charge in [0, 0.05) is 6.54 Å². The maximum absolute atomic E-state index is 11.9. The Bertz CT molecular complexity index is 371.